The van der Waals surface area contributed by atoms with Gasteiger partial charge in [-0.2, -0.15) is 13.2 Å². The Morgan fingerprint density at radius 2 is 2.09 bits per heavy atom. The molecule has 0 aliphatic carbocycles. The molecule has 0 saturated heterocycles. The lowest BCUT2D eigenvalue weighted by Crippen LogP contribution is -2.22. The Labute approximate surface area is 126 Å². The molecule has 0 saturated carbocycles. The van der Waals surface area contributed by atoms with E-state index in [0.717, 1.165) is 28.5 Å². The highest BCUT2D eigenvalue weighted by molar-refractivity contribution is 7.13. The zero-order valence-corrected chi connectivity index (χ0v) is 11.8. The maximum Gasteiger partial charge on any atom is 0.417 e. The minimum absolute atomic E-state index is 0.0168. The van der Waals surface area contributed by atoms with Crippen LogP contribution in [-0.4, -0.2) is 9.55 Å². The minimum Gasteiger partial charge on any atom is -0.472 e. The van der Waals surface area contributed by atoms with Crippen LogP contribution in [0.3, 0.4) is 0 Å². The van der Waals surface area contributed by atoms with E-state index in [4.69, 9.17) is 4.42 Å². The third-order valence-electron chi connectivity index (χ3n) is 2.96. The molecule has 0 bridgehead atoms. The van der Waals surface area contributed by atoms with Crippen LogP contribution in [0, 0.1) is 0 Å². The zero-order chi connectivity index (χ0) is 15.7. The normalized spacial score (nSPS) is 11.8. The van der Waals surface area contributed by atoms with Gasteiger partial charge in [0.1, 0.15) is 11.3 Å². The first kappa shape index (κ1) is 14.6. The van der Waals surface area contributed by atoms with Gasteiger partial charge in [0.25, 0.3) is 5.56 Å². The summed E-state index contributed by atoms with van der Waals surface area (Å²) in [4.78, 5) is 16.0. The number of hydrogen-bond acceptors (Lipinski definition) is 4. The molecule has 0 aliphatic rings. The third kappa shape index (κ3) is 2.96. The summed E-state index contributed by atoms with van der Waals surface area (Å²) in [5.41, 5.74) is -0.0708. The Bertz CT molecular complexity index is 834. The van der Waals surface area contributed by atoms with Crippen LogP contribution in [-0.2, 0) is 12.7 Å². The number of halogens is 3. The largest absolute Gasteiger partial charge is 0.472 e. The van der Waals surface area contributed by atoms with Crippen LogP contribution < -0.4 is 5.56 Å². The second-order valence-electron chi connectivity index (χ2n) is 4.54. The van der Waals surface area contributed by atoms with Gasteiger partial charge < -0.3 is 8.98 Å². The molecule has 8 heteroatoms. The Kier molecular flexibility index (Phi) is 3.61. The molecule has 3 aromatic heterocycles. The molecule has 0 unspecified atom stereocenters. The molecule has 3 rings (SSSR count). The molecule has 0 radical (unpaired) electrons. The fourth-order valence-corrected chi connectivity index (χ4v) is 2.69. The number of aromatic nitrogens is 2. The molecule has 0 aromatic carbocycles. The predicted molar refractivity (Wildman–Crippen MR) is 74.6 cm³/mol. The van der Waals surface area contributed by atoms with Gasteiger partial charge >= 0.3 is 6.18 Å². The van der Waals surface area contributed by atoms with Crippen LogP contribution in [0.25, 0.3) is 10.6 Å². The van der Waals surface area contributed by atoms with Crippen molar-refractivity contribution in [3.8, 4) is 10.6 Å². The van der Waals surface area contributed by atoms with Crippen LogP contribution in [0.4, 0.5) is 13.2 Å². The van der Waals surface area contributed by atoms with Crippen molar-refractivity contribution in [3.63, 3.8) is 0 Å². The van der Waals surface area contributed by atoms with Gasteiger partial charge in [-0.1, -0.05) is 0 Å². The number of pyridine rings is 1. The van der Waals surface area contributed by atoms with E-state index in [1.807, 2.05) is 0 Å². The van der Waals surface area contributed by atoms with E-state index in [0.29, 0.717) is 10.7 Å². The van der Waals surface area contributed by atoms with Crippen molar-refractivity contribution in [2.24, 2.45) is 0 Å². The van der Waals surface area contributed by atoms with Gasteiger partial charge in [0.15, 0.2) is 0 Å². The second-order valence-corrected chi connectivity index (χ2v) is 5.40. The first-order valence-corrected chi connectivity index (χ1v) is 7.06. The molecule has 0 spiro atoms. The average Bonchev–Trinajstić information content (AvgIpc) is 3.10. The Morgan fingerprint density at radius 1 is 1.27 bits per heavy atom. The van der Waals surface area contributed by atoms with Crippen LogP contribution in [0.5, 0.6) is 0 Å². The van der Waals surface area contributed by atoms with Gasteiger partial charge in [0.05, 0.1) is 24.1 Å². The van der Waals surface area contributed by atoms with Gasteiger partial charge in [0.2, 0.25) is 0 Å². The molecule has 3 aromatic rings. The molecule has 3 heterocycles. The second kappa shape index (κ2) is 5.45. The summed E-state index contributed by atoms with van der Waals surface area (Å²) in [7, 11) is 0. The summed E-state index contributed by atoms with van der Waals surface area (Å²) in [6.07, 6.45) is -0.647. The highest BCUT2D eigenvalue weighted by Crippen LogP contribution is 2.28. The minimum atomic E-state index is -4.49. The molecular weight excluding hydrogens is 317 g/mol. The van der Waals surface area contributed by atoms with Crippen molar-refractivity contribution in [1.82, 2.24) is 9.55 Å². The fraction of sp³-hybridized carbons (Fsp3) is 0.143. The van der Waals surface area contributed by atoms with Crippen molar-refractivity contribution < 1.29 is 17.6 Å². The van der Waals surface area contributed by atoms with Crippen molar-refractivity contribution in [2.75, 3.05) is 0 Å². The Balaban J connectivity index is 1.89. The zero-order valence-electron chi connectivity index (χ0n) is 11.0. The SMILES string of the molecule is O=c1ccc(C(F)(F)F)cn1Cc1csc(-c2ccoc2)n1. The lowest BCUT2D eigenvalue weighted by Gasteiger charge is -2.09. The number of alkyl halides is 3. The van der Waals surface area contributed by atoms with Crippen LogP contribution in [0.15, 0.2) is 51.5 Å². The predicted octanol–water partition coefficient (Wildman–Crippen LogP) is 3.63. The molecule has 22 heavy (non-hydrogen) atoms. The molecule has 0 aliphatic heterocycles. The third-order valence-corrected chi connectivity index (χ3v) is 3.90. The van der Waals surface area contributed by atoms with Crippen LogP contribution in [0.2, 0.25) is 0 Å². The molecule has 0 fully saturated rings. The number of nitrogens with zero attached hydrogens (tertiary/aromatic N) is 2. The van der Waals surface area contributed by atoms with Gasteiger partial charge in [-0.15, -0.1) is 11.3 Å². The van der Waals surface area contributed by atoms with E-state index >= 15 is 0 Å². The molecule has 114 valence electrons. The van der Waals surface area contributed by atoms with Gasteiger partial charge in [0, 0.05) is 23.2 Å². The highest BCUT2D eigenvalue weighted by atomic mass is 32.1. The standard InChI is InChI=1S/C14H9F3N2O2S/c15-14(16,17)10-1-2-12(20)19(5-10)6-11-8-22-13(18-11)9-3-4-21-7-9/h1-5,7-8H,6H2. The van der Waals surface area contributed by atoms with Crippen molar-refractivity contribution in [1.29, 1.82) is 0 Å². The fourth-order valence-electron chi connectivity index (χ4n) is 1.90. The van der Waals surface area contributed by atoms with Crippen molar-refractivity contribution in [3.05, 3.63) is 63.9 Å². The maximum atomic E-state index is 12.7. The Hall–Kier alpha value is -2.35. The van der Waals surface area contributed by atoms with Crippen LogP contribution in [0.1, 0.15) is 11.3 Å². The Morgan fingerprint density at radius 3 is 2.77 bits per heavy atom. The molecule has 0 N–H and O–H groups in total. The van der Waals surface area contributed by atoms with Crippen molar-refractivity contribution >= 4 is 11.3 Å². The monoisotopic (exact) mass is 326 g/mol. The van der Waals surface area contributed by atoms with Crippen molar-refractivity contribution in [2.45, 2.75) is 12.7 Å². The first-order chi connectivity index (χ1) is 10.4. The summed E-state index contributed by atoms with van der Waals surface area (Å²) in [5, 5.41) is 2.39. The van der Waals surface area contributed by atoms with E-state index < -0.39 is 17.3 Å². The van der Waals surface area contributed by atoms with E-state index in [1.165, 1.54) is 23.9 Å². The lowest BCUT2D eigenvalue weighted by atomic mass is 10.2. The molecule has 0 amide bonds. The lowest BCUT2D eigenvalue weighted by molar-refractivity contribution is -0.138. The van der Waals surface area contributed by atoms with E-state index in [2.05, 4.69) is 4.98 Å². The molecule has 4 nitrogen and oxygen atoms in total. The summed E-state index contributed by atoms with van der Waals surface area (Å²) in [6.45, 7) is -0.0168. The van der Waals surface area contributed by atoms with Crippen LogP contribution >= 0.6 is 11.3 Å². The number of thiazole rings is 1. The summed E-state index contributed by atoms with van der Waals surface area (Å²) < 4.78 is 44.0. The molecular formula is C14H9F3N2O2S. The number of rotatable bonds is 3. The smallest absolute Gasteiger partial charge is 0.417 e. The van der Waals surface area contributed by atoms with E-state index in [1.54, 1.807) is 11.4 Å². The topological polar surface area (TPSA) is 48.0 Å². The summed E-state index contributed by atoms with van der Waals surface area (Å²) >= 11 is 1.33. The first-order valence-electron chi connectivity index (χ1n) is 6.18. The summed E-state index contributed by atoms with van der Waals surface area (Å²) in [5.74, 6) is 0. The summed E-state index contributed by atoms with van der Waals surface area (Å²) in [6, 6.07) is 3.42. The van der Waals surface area contributed by atoms with Gasteiger partial charge in [-0.05, 0) is 12.1 Å². The quantitative estimate of drug-likeness (QED) is 0.738. The average molecular weight is 326 g/mol. The van der Waals surface area contributed by atoms with Gasteiger partial charge in [-0.3, -0.25) is 4.79 Å². The van der Waals surface area contributed by atoms with E-state index in [9.17, 15) is 18.0 Å². The molecule has 0 atom stereocenters. The maximum absolute atomic E-state index is 12.7. The van der Waals surface area contributed by atoms with Gasteiger partial charge in [-0.25, -0.2) is 4.98 Å². The number of hydrogen-bond donors (Lipinski definition) is 0. The highest BCUT2D eigenvalue weighted by Gasteiger charge is 2.31. The van der Waals surface area contributed by atoms with E-state index in [-0.39, 0.29) is 6.54 Å². The number of furan rings is 1.